The third-order valence-electron chi connectivity index (χ3n) is 3.41. The van der Waals surface area contributed by atoms with Gasteiger partial charge in [-0.05, 0) is 33.0 Å². The van der Waals surface area contributed by atoms with E-state index in [9.17, 15) is 0 Å². The molecule has 19 heavy (non-hydrogen) atoms. The zero-order chi connectivity index (χ0) is 13.7. The summed E-state index contributed by atoms with van der Waals surface area (Å²) in [6, 6.07) is 2.07. The second-order valence-corrected chi connectivity index (χ2v) is 5.27. The van der Waals surface area contributed by atoms with Gasteiger partial charge in [-0.3, -0.25) is 0 Å². The van der Waals surface area contributed by atoms with E-state index >= 15 is 0 Å². The van der Waals surface area contributed by atoms with Gasteiger partial charge in [0.1, 0.15) is 0 Å². The Bertz CT molecular complexity index is 399. The highest BCUT2D eigenvalue weighted by Gasteiger charge is 2.17. The first-order valence-electron chi connectivity index (χ1n) is 7.18. The Kier molecular flexibility index (Phi) is 5.10. The first kappa shape index (κ1) is 14.2. The van der Waals surface area contributed by atoms with Crippen molar-refractivity contribution in [2.24, 2.45) is 0 Å². The van der Waals surface area contributed by atoms with Gasteiger partial charge in [0.25, 0.3) is 0 Å². The summed E-state index contributed by atoms with van der Waals surface area (Å²) in [6.07, 6.45) is 1.15. The lowest BCUT2D eigenvalue weighted by atomic mass is 10.3. The quantitative estimate of drug-likeness (QED) is 0.804. The molecular weight excluding hydrogens is 238 g/mol. The molecule has 106 valence electrons. The SMILES string of the molecule is CCCNCc1cc(C)nc(N2CCN(C)CC2)n1. The number of hydrogen-bond acceptors (Lipinski definition) is 5. The summed E-state index contributed by atoms with van der Waals surface area (Å²) in [4.78, 5) is 13.9. The molecule has 1 N–H and O–H groups in total. The Balaban J connectivity index is 2.03. The molecule has 0 aliphatic carbocycles. The Hall–Kier alpha value is -1.20. The van der Waals surface area contributed by atoms with Gasteiger partial charge in [-0.15, -0.1) is 0 Å². The highest BCUT2D eigenvalue weighted by atomic mass is 15.3. The van der Waals surface area contributed by atoms with Crippen LogP contribution >= 0.6 is 0 Å². The van der Waals surface area contributed by atoms with Crippen molar-refractivity contribution in [3.63, 3.8) is 0 Å². The second-order valence-electron chi connectivity index (χ2n) is 5.27. The van der Waals surface area contributed by atoms with Crippen LogP contribution in [-0.2, 0) is 6.54 Å². The molecule has 0 atom stereocenters. The highest BCUT2D eigenvalue weighted by molar-refractivity contribution is 5.33. The average molecular weight is 263 g/mol. The maximum Gasteiger partial charge on any atom is 0.225 e. The summed E-state index contributed by atoms with van der Waals surface area (Å²) < 4.78 is 0. The van der Waals surface area contributed by atoms with E-state index in [2.05, 4.69) is 45.1 Å². The third-order valence-corrected chi connectivity index (χ3v) is 3.41. The van der Waals surface area contributed by atoms with E-state index in [1.54, 1.807) is 0 Å². The number of hydrogen-bond donors (Lipinski definition) is 1. The topological polar surface area (TPSA) is 44.3 Å². The van der Waals surface area contributed by atoms with Crippen LogP contribution in [0, 0.1) is 6.92 Å². The maximum absolute atomic E-state index is 4.69. The van der Waals surface area contributed by atoms with Gasteiger partial charge in [-0.2, -0.15) is 0 Å². The first-order chi connectivity index (χ1) is 9.19. The molecule has 0 aromatic carbocycles. The van der Waals surface area contributed by atoms with E-state index in [1.165, 1.54) is 0 Å². The fraction of sp³-hybridized carbons (Fsp3) is 0.714. The van der Waals surface area contributed by atoms with Crippen molar-refractivity contribution >= 4 is 5.95 Å². The van der Waals surface area contributed by atoms with Crippen molar-refractivity contribution in [3.05, 3.63) is 17.5 Å². The van der Waals surface area contributed by atoms with E-state index in [-0.39, 0.29) is 0 Å². The summed E-state index contributed by atoms with van der Waals surface area (Å²) in [7, 11) is 2.16. The van der Waals surface area contributed by atoms with E-state index in [0.29, 0.717) is 0 Å². The van der Waals surface area contributed by atoms with Crippen molar-refractivity contribution < 1.29 is 0 Å². The van der Waals surface area contributed by atoms with Gasteiger partial charge in [-0.25, -0.2) is 9.97 Å². The van der Waals surface area contributed by atoms with Crippen LogP contribution in [0.25, 0.3) is 0 Å². The first-order valence-corrected chi connectivity index (χ1v) is 7.18. The zero-order valence-electron chi connectivity index (χ0n) is 12.3. The molecule has 5 nitrogen and oxygen atoms in total. The molecule has 5 heteroatoms. The standard InChI is InChI=1S/C14H25N5/c1-4-5-15-11-13-10-12(2)16-14(17-13)19-8-6-18(3)7-9-19/h10,15H,4-9,11H2,1-3H3. The van der Waals surface area contributed by atoms with Gasteiger partial charge in [-0.1, -0.05) is 6.92 Å². The second kappa shape index (κ2) is 6.82. The molecule has 2 rings (SSSR count). The molecule has 0 bridgehead atoms. The Morgan fingerprint density at radius 1 is 1.21 bits per heavy atom. The largest absolute Gasteiger partial charge is 0.338 e. The number of piperazine rings is 1. The van der Waals surface area contributed by atoms with Crippen molar-refractivity contribution in [2.45, 2.75) is 26.8 Å². The molecule has 1 aromatic heterocycles. The van der Waals surface area contributed by atoms with Gasteiger partial charge in [0, 0.05) is 38.4 Å². The van der Waals surface area contributed by atoms with Crippen molar-refractivity contribution in [1.29, 1.82) is 0 Å². The van der Waals surface area contributed by atoms with Crippen LogP contribution < -0.4 is 10.2 Å². The minimum atomic E-state index is 0.831. The third kappa shape index (κ3) is 4.14. The van der Waals surface area contributed by atoms with Gasteiger partial charge >= 0.3 is 0 Å². The maximum atomic E-state index is 4.69. The summed E-state index contributed by atoms with van der Waals surface area (Å²) in [5, 5.41) is 3.40. The van der Waals surface area contributed by atoms with Gasteiger partial charge < -0.3 is 15.1 Å². The lowest BCUT2D eigenvalue weighted by Gasteiger charge is -2.32. The Morgan fingerprint density at radius 2 is 1.95 bits per heavy atom. The summed E-state index contributed by atoms with van der Waals surface area (Å²) in [5.41, 5.74) is 2.15. The molecule has 1 aliphatic heterocycles. The summed E-state index contributed by atoms with van der Waals surface area (Å²) in [5.74, 6) is 0.890. The van der Waals surface area contributed by atoms with E-state index in [4.69, 9.17) is 0 Å². The molecule has 1 aromatic rings. The van der Waals surface area contributed by atoms with E-state index in [0.717, 1.165) is 63.0 Å². The van der Waals surface area contributed by atoms with Crippen molar-refractivity contribution in [3.8, 4) is 0 Å². The monoisotopic (exact) mass is 263 g/mol. The number of likely N-dealkylation sites (N-methyl/N-ethyl adjacent to an activating group) is 1. The molecule has 0 saturated carbocycles. The van der Waals surface area contributed by atoms with Crippen LogP contribution in [-0.4, -0.2) is 54.6 Å². The predicted octanol–water partition coefficient (Wildman–Crippen LogP) is 1.04. The minimum Gasteiger partial charge on any atom is -0.338 e. The van der Waals surface area contributed by atoms with E-state index < -0.39 is 0 Å². The smallest absolute Gasteiger partial charge is 0.225 e. The van der Waals surface area contributed by atoms with E-state index in [1.807, 2.05) is 6.92 Å². The van der Waals surface area contributed by atoms with Crippen LogP contribution in [0.15, 0.2) is 6.07 Å². The Labute approximate surface area is 116 Å². The van der Waals surface area contributed by atoms with Gasteiger partial charge in [0.15, 0.2) is 0 Å². The number of rotatable bonds is 5. The molecule has 0 radical (unpaired) electrons. The molecule has 2 heterocycles. The lowest BCUT2D eigenvalue weighted by molar-refractivity contribution is 0.311. The molecule has 1 saturated heterocycles. The molecule has 0 unspecified atom stereocenters. The van der Waals surface area contributed by atoms with Gasteiger partial charge in [0.05, 0.1) is 5.69 Å². The van der Waals surface area contributed by atoms with Crippen LogP contribution in [0.1, 0.15) is 24.7 Å². The average Bonchev–Trinajstić information content (AvgIpc) is 2.39. The number of nitrogens with one attached hydrogen (secondary N) is 1. The number of anilines is 1. The van der Waals surface area contributed by atoms with Crippen LogP contribution in [0.3, 0.4) is 0 Å². The lowest BCUT2D eigenvalue weighted by Crippen LogP contribution is -2.45. The minimum absolute atomic E-state index is 0.831. The summed E-state index contributed by atoms with van der Waals surface area (Å²) >= 11 is 0. The molecule has 0 amide bonds. The molecule has 1 fully saturated rings. The zero-order valence-corrected chi connectivity index (χ0v) is 12.3. The molecule has 1 aliphatic rings. The Morgan fingerprint density at radius 3 is 2.63 bits per heavy atom. The number of aryl methyl sites for hydroxylation is 1. The normalized spacial score (nSPS) is 16.9. The van der Waals surface area contributed by atoms with Gasteiger partial charge in [0.2, 0.25) is 5.95 Å². The predicted molar refractivity (Wildman–Crippen MR) is 78.5 cm³/mol. The van der Waals surface area contributed by atoms with Crippen LogP contribution in [0.2, 0.25) is 0 Å². The highest BCUT2D eigenvalue weighted by Crippen LogP contribution is 2.12. The fourth-order valence-corrected chi connectivity index (χ4v) is 2.25. The molecule has 0 spiro atoms. The number of aromatic nitrogens is 2. The molecular formula is C14H25N5. The number of nitrogens with zero attached hydrogens (tertiary/aromatic N) is 4. The van der Waals surface area contributed by atoms with Crippen LogP contribution in [0.5, 0.6) is 0 Å². The van der Waals surface area contributed by atoms with Crippen LogP contribution in [0.4, 0.5) is 5.95 Å². The van der Waals surface area contributed by atoms with Crippen molar-refractivity contribution in [1.82, 2.24) is 20.2 Å². The summed E-state index contributed by atoms with van der Waals surface area (Å²) in [6.45, 7) is 10.3. The fourth-order valence-electron chi connectivity index (χ4n) is 2.25. The van der Waals surface area contributed by atoms with Crippen molar-refractivity contribution in [2.75, 3.05) is 44.7 Å².